The zero-order valence-electron chi connectivity index (χ0n) is 16.6. The van der Waals surface area contributed by atoms with Gasteiger partial charge >= 0.3 is 0 Å². The van der Waals surface area contributed by atoms with Crippen LogP contribution in [0.25, 0.3) is 0 Å². The minimum Gasteiger partial charge on any atom is -0.382 e. The summed E-state index contributed by atoms with van der Waals surface area (Å²) in [4.78, 5) is 7.22. The van der Waals surface area contributed by atoms with Gasteiger partial charge in [0, 0.05) is 39.2 Å². The van der Waals surface area contributed by atoms with E-state index in [9.17, 15) is 0 Å². The number of hydrogen-bond donors (Lipinski definition) is 1. The van der Waals surface area contributed by atoms with Crippen LogP contribution in [0.2, 0.25) is 0 Å². The van der Waals surface area contributed by atoms with Gasteiger partial charge < -0.3 is 19.7 Å². The fourth-order valence-electron chi connectivity index (χ4n) is 2.93. The normalized spacial score (nSPS) is 19.1. The summed E-state index contributed by atoms with van der Waals surface area (Å²) < 4.78 is 10.7. The molecule has 0 saturated carbocycles. The average molecular weight is 342 g/mol. The Morgan fingerprint density at radius 3 is 2.71 bits per heavy atom. The molecule has 5 heteroatoms. The van der Waals surface area contributed by atoms with Crippen molar-refractivity contribution in [1.29, 1.82) is 0 Å². The fourth-order valence-corrected chi connectivity index (χ4v) is 2.93. The summed E-state index contributed by atoms with van der Waals surface area (Å²) in [6, 6.07) is 0. The van der Waals surface area contributed by atoms with Gasteiger partial charge in [0.15, 0.2) is 5.96 Å². The van der Waals surface area contributed by atoms with Gasteiger partial charge in [-0.3, -0.25) is 4.99 Å². The largest absolute Gasteiger partial charge is 0.382 e. The lowest BCUT2D eigenvalue weighted by Crippen LogP contribution is -2.40. The molecule has 1 unspecified atom stereocenters. The molecule has 1 rings (SSSR count). The Labute approximate surface area is 149 Å². The Bertz CT molecular complexity index is 353. The number of unbranched alkanes of at least 4 members (excludes halogenated alkanes) is 1. The van der Waals surface area contributed by atoms with E-state index in [-0.39, 0.29) is 0 Å². The third kappa shape index (κ3) is 9.48. The summed E-state index contributed by atoms with van der Waals surface area (Å²) >= 11 is 0. The smallest absolute Gasteiger partial charge is 0.193 e. The van der Waals surface area contributed by atoms with E-state index in [0.29, 0.717) is 24.5 Å². The zero-order valence-corrected chi connectivity index (χ0v) is 16.6. The highest BCUT2D eigenvalue weighted by molar-refractivity contribution is 5.80. The van der Waals surface area contributed by atoms with Crippen molar-refractivity contribution in [3.8, 4) is 0 Å². The third-order valence-electron chi connectivity index (χ3n) is 4.30. The molecule has 0 aromatic carbocycles. The molecule has 0 amide bonds. The molecule has 0 radical (unpaired) electrons. The van der Waals surface area contributed by atoms with Gasteiger partial charge in [-0.15, -0.1) is 0 Å². The predicted octanol–water partition coefficient (Wildman–Crippen LogP) is 3.15. The van der Waals surface area contributed by atoms with E-state index >= 15 is 0 Å². The summed E-state index contributed by atoms with van der Waals surface area (Å²) in [5.41, 5.74) is 0.430. The number of guanidine groups is 1. The fraction of sp³-hybridized carbons (Fsp3) is 0.947. The van der Waals surface area contributed by atoms with Crippen LogP contribution in [-0.2, 0) is 9.47 Å². The molecular weight excluding hydrogens is 302 g/mol. The van der Waals surface area contributed by atoms with Gasteiger partial charge in [-0.2, -0.15) is 0 Å². The number of nitrogens with one attached hydrogen (secondary N) is 1. The van der Waals surface area contributed by atoms with Crippen LogP contribution in [0.15, 0.2) is 4.99 Å². The molecule has 1 atom stereocenters. The molecule has 142 valence electrons. The summed E-state index contributed by atoms with van der Waals surface area (Å²) in [6.07, 6.45) is 4.87. The van der Waals surface area contributed by atoms with Crippen LogP contribution in [0.5, 0.6) is 0 Å². The van der Waals surface area contributed by atoms with E-state index in [0.717, 1.165) is 38.7 Å². The molecule has 24 heavy (non-hydrogen) atoms. The molecule has 0 aromatic rings. The lowest BCUT2D eigenvalue weighted by molar-refractivity contribution is 0.0536. The number of likely N-dealkylation sites (tertiary alicyclic amines) is 1. The van der Waals surface area contributed by atoms with Crippen molar-refractivity contribution in [2.24, 2.45) is 16.3 Å². The number of hydrogen-bond acceptors (Lipinski definition) is 3. The summed E-state index contributed by atoms with van der Waals surface area (Å²) in [7, 11) is 1.71. The SMILES string of the molecule is CCNC(=NCCCCC(C)(C)C)N1CCC(COCCOC)C1. The molecule has 0 aliphatic carbocycles. The number of ether oxygens (including phenoxy) is 2. The second-order valence-corrected chi connectivity index (χ2v) is 7.92. The molecule has 0 aromatic heterocycles. The van der Waals surface area contributed by atoms with Crippen LogP contribution in [0.1, 0.15) is 53.4 Å². The number of nitrogens with zero attached hydrogens (tertiary/aromatic N) is 2. The van der Waals surface area contributed by atoms with Crippen LogP contribution >= 0.6 is 0 Å². The molecule has 0 bridgehead atoms. The minimum atomic E-state index is 0.430. The Morgan fingerprint density at radius 2 is 2.04 bits per heavy atom. The Balaban J connectivity index is 2.32. The number of aliphatic imine (C=N–C) groups is 1. The van der Waals surface area contributed by atoms with E-state index in [2.05, 4.69) is 37.9 Å². The molecule has 1 saturated heterocycles. The van der Waals surface area contributed by atoms with Gasteiger partial charge in [0.25, 0.3) is 0 Å². The maximum absolute atomic E-state index is 5.68. The lowest BCUT2D eigenvalue weighted by Gasteiger charge is -2.22. The van der Waals surface area contributed by atoms with Crippen LogP contribution in [0.4, 0.5) is 0 Å². The second-order valence-electron chi connectivity index (χ2n) is 7.92. The molecular formula is C19H39N3O2. The van der Waals surface area contributed by atoms with Crippen molar-refractivity contribution in [1.82, 2.24) is 10.2 Å². The van der Waals surface area contributed by atoms with Gasteiger partial charge in [0.2, 0.25) is 0 Å². The zero-order chi connectivity index (χ0) is 17.8. The molecule has 1 N–H and O–H groups in total. The van der Waals surface area contributed by atoms with Crippen molar-refractivity contribution in [3.05, 3.63) is 0 Å². The Kier molecular flexibility index (Phi) is 10.3. The first-order valence-electron chi connectivity index (χ1n) is 9.56. The maximum atomic E-state index is 5.68. The first-order chi connectivity index (χ1) is 11.5. The van der Waals surface area contributed by atoms with E-state index in [1.165, 1.54) is 25.7 Å². The standard InChI is InChI=1S/C19H39N3O2/c1-6-20-18(21-11-8-7-10-19(2,3)4)22-12-9-17(15-22)16-24-14-13-23-5/h17H,6-16H2,1-5H3,(H,20,21). The summed E-state index contributed by atoms with van der Waals surface area (Å²) in [6.45, 7) is 15.2. The molecule has 1 fully saturated rings. The van der Waals surface area contributed by atoms with Crippen molar-refractivity contribution in [3.63, 3.8) is 0 Å². The van der Waals surface area contributed by atoms with Crippen molar-refractivity contribution < 1.29 is 9.47 Å². The maximum Gasteiger partial charge on any atom is 0.193 e. The van der Waals surface area contributed by atoms with Crippen LogP contribution < -0.4 is 5.32 Å². The van der Waals surface area contributed by atoms with E-state index < -0.39 is 0 Å². The Hall–Kier alpha value is -0.810. The van der Waals surface area contributed by atoms with Crippen LogP contribution in [0.3, 0.4) is 0 Å². The molecule has 5 nitrogen and oxygen atoms in total. The van der Waals surface area contributed by atoms with Gasteiger partial charge in [-0.25, -0.2) is 0 Å². The Morgan fingerprint density at radius 1 is 1.25 bits per heavy atom. The quantitative estimate of drug-likeness (QED) is 0.377. The van der Waals surface area contributed by atoms with E-state index in [4.69, 9.17) is 14.5 Å². The topological polar surface area (TPSA) is 46.1 Å². The van der Waals surface area contributed by atoms with Crippen molar-refractivity contribution >= 4 is 5.96 Å². The summed E-state index contributed by atoms with van der Waals surface area (Å²) in [5.74, 6) is 1.68. The predicted molar refractivity (Wildman–Crippen MR) is 102 cm³/mol. The third-order valence-corrected chi connectivity index (χ3v) is 4.30. The highest BCUT2D eigenvalue weighted by Gasteiger charge is 2.24. The van der Waals surface area contributed by atoms with Crippen molar-refractivity contribution in [2.45, 2.75) is 53.4 Å². The van der Waals surface area contributed by atoms with Crippen LogP contribution in [0, 0.1) is 11.3 Å². The second kappa shape index (κ2) is 11.7. The molecule has 1 heterocycles. The monoisotopic (exact) mass is 341 g/mol. The minimum absolute atomic E-state index is 0.430. The van der Waals surface area contributed by atoms with Gasteiger partial charge in [-0.1, -0.05) is 27.2 Å². The van der Waals surface area contributed by atoms with E-state index in [1.807, 2.05) is 0 Å². The summed E-state index contributed by atoms with van der Waals surface area (Å²) in [5, 5.41) is 3.44. The lowest BCUT2D eigenvalue weighted by atomic mass is 9.90. The van der Waals surface area contributed by atoms with Crippen LogP contribution in [-0.4, -0.2) is 64.0 Å². The van der Waals surface area contributed by atoms with E-state index in [1.54, 1.807) is 7.11 Å². The van der Waals surface area contributed by atoms with Gasteiger partial charge in [0.05, 0.1) is 19.8 Å². The van der Waals surface area contributed by atoms with Gasteiger partial charge in [-0.05, 0) is 31.6 Å². The highest BCUT2D eigenvalue weighted by atomic mass is 16.5. The number of rotatable bonds is 10. The molecule has 0 spiro atoms. The number of methoxy groups -OCH3 is 1. The molecule has 1 aliphatic heterocycles. The first kappa shape index (κ1) is 21.2. The van der Waals surface area contributed by atoms with Gasteiger partial charge in [0.1, 0.15) is 0 Å². The molecule has 1 aliphatic rings. The first-order valence-corrected chi connectivity index (χ1v) is 9.56. The van der Waals surface area contributed by atoms with Crippen molar-refractivity contribution in [2.75, 3.05) is 53.1 Å². The average Bonchev–Trinajstić information content (AvgIpc) is 2.98. The highest BCUT2D eigenvalue weighted by Crippen LogP contribution is 2.21.